The van der Waals surface area contributed by atoms with Gasteiger partial charge in [0.2, 0.25) is 0 Å². The number of carboxylic acid groups (broad SMARTS) is 1. The molecule has 20 heavy (non-hydrogen) atoms. The Labute approximate surface area is 119 Å². The highest BCUT2D eigenvalue weighted by atomic mass is 16.6. The third-order valence-corrected chi connectivity index (χ3v) is 3.04. The smallest absolute Gasteiger partial charge is 0.408 e. The topological polar surface area (TPSA) is 84.9 Å². The summed E-state index contributed by atoms with van der Waals surface area (Å²) in [7, 11) is 0. The highest BCUT2D eigenvalue weighted by Crippen LogP contribution is 2.18. The summed E-state index contributed by atoms with van der Waals surface area (Å²) < 4.78 is 10.6. The minimum Gasteiger partial charge on any atom is -0.480 e. The van der Waals surface area contributed by atoms with Crippen LogP contribution in [-0.4, -0.2) is 41.5 Å². The van der Waals surface area contributed by atoms with Gasteiger partial charge < -0.3 is 19.9 Å². The summed E-state index contributed by atoms with van der Waals surface area (Å²) in [6, 6.07) is -0.935. The van der Waals surface area contributed by atoms with Crippen molar-refractivity contribution >= 4 is 12.1 Å². The van der Waals surface area contributed by atoms with Gasteiger partial charge in [0, 0.05) is 6.61 Å². The maximum atomic E-state index is 11.6. The summed E-state index contributed by atoms with van der Waals surface area (Å²) in [5.41, 5.74) is -0.639. The minimum absolute atomic E-state index is 0.103. The molecule has 1 aliphatic heterocycles. The molecule has 0 aromatic heterocycles. The second-order valence-electron chi connectivity index (χ2n) is 6.10. The number of ether oxygens (including phenoxy) is 2. The van der Waals surface area contributed by atoms with Crippen molar-refractivity contribution in [2.24, 2.45) is 0 Å². The normalized spacial score (nSPS) is 21.1. The van der Waals surface area contributed by atoms with Gasteiger partial charge in [-0.05, 0) is 52.9 Å². The van der Waals surface area contributed by atoms with Crippen LogP contribution in [-0.2, 0) is 14.3 Å². The Kier molecular flexibility index (Phi) is 6.26. The van der Waals surface area contributed by atoms with Gasteiger partial charge in [-0.2, -0.15) is 0 Å². The molecule has 1 heterocycles. The SMILES string of the molecule is CC(C)(C)OC(=O)NC(CCC1CCCCO1)C(=O)O. The molecule has 2 N–H and O–H groups in total. The lowest BCUT2D eigenvalue weighted by molar-refractivity contribution is -0.139. The second-order valence-corrected chi connectivity index (χ2v) is 6.10. The highest BCUT2D eigenvalue weighted by molar-refractivity contribution is 5.79. The van der Waals surface area contributed by atoms with Gasteiger partial charge in [0.15, 0.2) is 0 Å². The average molecular weight is 287 g/mol. The first-order chi connectivity index (χ1) is 9.28. The molecule has 0 aromatic carbocycles. The Bertz CT molecular complexity index is 331. The summed E-state index contributed by atoms with van der Waals surface area (Å²) in [6.45, 7) is 5.94. The van der Waals surface area contributed by atoms with E-state index < -0.39 is 23.7 Å². The molecule has 0 radical (unpaired) electrons. The molecule has 6 nitrogen and oxygen atoms in total. The van der Waals surface area contributed by atoms with Crippen molar-refractivity contribution in [3.05, 3.63) is 0 Å². The lowest BCUT2D eigenvalue weighted by atomic mass is 10.0. The fraction of sp³-hybridized carbons (Fsp3) is 0.857. The molecule has 0 saturated carbocycles. The number of hydrogen-bond donors (Lipinski definition) is 2. The van der Waals surface area contributed by atoms with Crippen molar-refractivity contribution in [3.63, 3.8) is 0 Å². The lowest BCUT2D eigenvalue weighted by Gasteiger charge is -2.25. The van der Waals surface area contributed by atoms with Crippen molar-refractivity contribution in [3.8, 4) is 0 Å². The Balaban J connectivity index is 2.39. The van der Waals surface area contributed by atoms with Crippen molar-refractivity contribution in [2.45, 2.75) is 70.6 Å². The average Bonchev–Trinajstić information content (AvgIpc) is 2.33. The molecule has 1 saturated heterocycles. The second kappa shape index (κ2) is 7.47. The van der Waals surface area contributed by atoms with Crippen molar-refractivity contribution in [2.75, 3.05) is 6.61 Å². The molecule has 1 amide bonds. The predicted octanol–water partition coefficient (Wildman–Crippen LogP) is 2.31. The predicted molar refractivity (Wildman–Crippen MR) is 73.6 cm³/mol. The van der Waals surface area contributed by atoms with E-state index >= 15 is 0 Å². The van der Waals surface area contributed by atoms with Crippen LogP contribution in [0, 0.1) is 0 Å². The third kappa shape index (κ3) is 6.75. The van der Waals surface area contributed by atoms with Gasteiger partial charge in [-0.15, -0.1) is 0 Å². The standard InChI is InChI=1S/C14H25NO5/c1-14(2,3)20-13(18)15-11(12(16)17)8-7-10-6-4-5-9-19-10/h10-11H,4-9H2,1-3H3,(H,15,18)(H,16,17). The van der Waals surface area contributed by atoms with Crippen LogP contribution in [0.1, 0.15) is 52.9 Å². The van der Waals surface area contributed by atoms with Gasteiger partial charge in [-0.1, -0.05) is 0 Å². The molecule has 1 aliphatic rings. The van der Waals surface area contributed by atoms with Crippen LogP contribution in [0.25, 0.3) is 0 Å². The zero-order chi connectivity index (χ0) is 15.2. The van der Waals surface area contributed by atoms with Gasteiger partial charge in [0.1, 0.15) is 11.6 Å². The van der Waals surface area contributed by atoms with E-state index in [0.29, 0.717) is 12.8 Å². The van der Waals surface area contributed by atoms with Crippen LogP contribution in [0.4, 0.5) is 4.79 Å². The van der Waals surface area contributed by atoms with Gasteiger partial charge in [0.25, 0.3) is 0 Å². The van der Waals surface area contributed by atoms with Gasteiger partial charge >= 0.3 is 12.1 Å². The van der Waals surface area contributed by atoms with Crippen LogP contribution in [0.3, 0.4) is 0 Å². The van der Waals surface area contributed by atoms with E-state index in [9.17, 15) is 9.59 Å². The molecular weight excluding hydrogens is 262 g/mol. The maximum Gasteiger partial charge on any atom is 0.408 e. The van der Waals surface area contributed by atoms with E-state index in [0.717, 1.165) is 25.9 Å². The van der Waals surface area contributed by atoms with Crippen LogP contribution in [0.15, 0.2) is 0 Å². The summed E-state index contributed by atoms with van der Waals surface area (Å²) in [4.78, 5) is 22.8. The van der Waals surface area contributed by atoms with Crippen molar-refractivity contribution in [1.82, 2.24) is 5.32 Å². The number of carbonyl (C=O) groups excluding carboxylic acids is 1. The van der Waals surface area contributed by atoms with Crippen LogP contribution in [0.2, 0.25) is 0 Å². The van der Waals surface area contributed by atoms with E-state index in [4.69, 9.17) is 14.6 Å². The van der Waals surface area contributed by atoms with E-state index in [1.54, 1.807) is 20.8 Å². The molecule has 0 spiro atoms. The summed E-state index contributed by atoms with van der Waals surface area (Å²) in [5.74, 6) is -1.05. The summed E-state index contributed by atoms with van der Waals surface area (Å²) in [5, 5.41) is 11.5. The number of aliphatic carboxylic acids is 1. The molecule has 1 fully saturated rings. The van der Waals surface area contributed by atoms with E-state index in [1.165, 1.54) is 0 Å². The number of rotatable bonds is 5. The number of nitrogens with one attached hydrogen (secondary N) is 1. The zero-order valence-electron chi connectivity index (χ0n) is 12.5. The summed E-state index contributed by atoms with van der Waals surface area (Å²) >= 11 is 0. The number of carboxylic acids is 1. The summed E-state index contributed by atoms with van der Waals surface area (Å²) in [6.07, 6.45) is 3.52. The quantitative estimate of drug-likeness (QED) is 0.810. The van der Waals surface area contributed by atoms with Crippen molar-refractivity contribution in [1.29, 1.82) is 0 Å². The third-order valence-electron chi connectivity index (χ3n) is 3.04. The molecule has 2 atom stereocenters. The first kappa shape index (κ1) is 16.8. The van der Waals surface area contributed by atoms with Crippen LogP contribution < -0.4 is 5.32 Å². The fourth-order valence-corrected chi connectivity index (χ4v) is 2.09. The van der Waals surface area contributed by atoms with Gasteiger partial charge in [-0.3, -0.25) is 0 Å². The first-order valence-electron chi connectivity index (χ1n) is 7.12. The molecule has 6 heteroatoms. The molecule has 0 aliphatic carbocycles. The molecule has 1 rings (SSSR count). The monoisotopic (exact) mass is 287 g/mol. The van der Waals surface area contributed by atoms with E-state index in [2.05, 4.69) is 5.32 Å². The fourth-order valence-electron chi connectivity index (χ4n) is 2.09. The zero-order valence-corrected chi connectivity index (χ0v) is 12.5. The molecule has 116 valence electrons. The molecule has 2 unspecified atom stereocenters. The number of alkyl carbamates (subject to hydrolysis) is 1. The number of carbonyl (C=O) groups is 2. The Morgan fingerprint density at radius 2 is 2.10 bits per heavy atom. The molecular formula is C14H25NO5. The van der Waals surface area contributed by atoms with E-state index in [-0.39, 0.29) is 6.10 Å². The minimum atomic E-state index is -1.05. The Hall–Kier alpha value is -1.30. The largest absolute Gasteiger partial charge is 0.480 e. The van der Waals surface area contributed by atoms with Gasteiger partial charge in [-0.25, -0.2) is 9.59 Å². The van der Waals surface area contributed by atoms with Gasteiger partial charge in [0.05, 0.1) is 6.10 Å². The number of amides is 1. The van der Waals surface area contributed by atoms with E-state index in [1.807, 2.05) is 0 Å². The molecule has 0 bridgehead atoms. The Morgan fingerprint density at radius 3 is 2.60 bits per heavy atom. The van der Waals surface area contributed by atoms with Crippen LogP contribution in [0.5, 0.6) is 0 Å². The Morgan fingerprint density at radius 1 is 1.40 bits per heavy atom. The number of hydrogen-bond acceptors (Lipinski definition) is 4. The lowest BCUT2D eigenvalue weighted by Crippen LogP contribution is -2.44. The van der Waals surface area contributed by atoms with Crippen LogP contribution >= 0.6 is 0 Å². The molecule has 0 aromatic rings. The maximum absolute atomic E-state index is 11.6. The van der Waals surface area contributed by atoms with Crippen molar-refractivity contribution < 1.29 is 24.2 Å². The highest BCUT2D eigenvalue weighted by Gasteiger charge is 2.25. The first-order valence-corrected chi connectivity index (χ1v) is 7.12.